The van der Waals surface area contributed by atoms with Gasteiger partial charge in [0.15, 0.2) is 0 Å². The summed E-state index contributed by atoms with van der Waals surface area (Å²) in [6.07, 6.45) is 9.43. The summed E-state index contributed by atoms with van der Waals surface area (Å²) in [7, 11) is 1.94. The summed E-state index contributed by atoms with van der Waals surface area (Å²) in [6, 6.07) is 0.185. The average molecular weight is 310 g/mol. The van der Waals surface area contributed by atoms with Crippen molar-refractivity contribution in [3.8, 4) is 0 Å². The molecule has 5 heteroatoms. The Balaban J connectivity index is 1.62. The maximum atomic E-state index is 12.8. The zero-order valence-corrected chi connectivity index (χ0v) is 13.9. The molecule has 0 spiro atoms. The molecule has 0 aromatic rings. The van der Waals surface area contributed by atoms with Crippen LogP contribution in [-0.4, -0.2) is 58.8 Å². The molecular formula is C16H26N2O2S. The number of hydrogen-bond donors (Lipinski definition) is 0. The van der Waals surface area contributed by atoms with Crippen molar-refractivity contribution in [2.24, 2.45) is 5.92 Å². The fourth-order valence-corrected chi connectivity index (χ4v) is 4.54. The number of carbonyl (C=O) groups is 2. The van der Waals surface area contributed by atoms with Gasteiger partial charge in [0, 0.05) is 30.8 Å². The predicted octanol–water partition coefficient (Wildman–Crippen LogP) is 2.13. The van der Waals surface area contributed by atoms with Crippen molar-refractivity contribution in [2.45, 2.75) is 62.3 Å². The molecule has 3 rings (SSSR count). The van der Waals surface area contributed by atoms with Crippen LogP contribution in [0.15, 0.2) is 0 Å². The maximum absolute atomic E-state index is 12.8. The Labute approximate surface area is 131 Å². The summed E-state index contributed by atoms with van der Waals surface area (Å²) < 4.78 is 0. The molecule has 1 aliphatic heterocycles. The van der Waals surface area contributed by atoms with E-state index in [2.05, 4.69) is 6.26 Å². The molecule has 0 bridgehead atoms. The predicted molar refractivity (Wildman–Crippen MR) is 85.2 cm³/mol. The van der Waals surface area contributed by atoms with Gasteiger partial charge in [0.05, 0.1) is 0 Å². The topological polar surface area (TPSA) is 40.6 Å². The van der Waals surface area contributed by atoms with Gasteiger partial charge in [-0.15, -0.1) is 0 Å². The van der Waals surface area contributed by atoms with Gasteiger partial charge in [0.2, 0.25) is 11.8 Å². The normalized spacial score (nSPS) is 32.5. The van der Waals surface area contributed by atoms with Gasteiger partial charge in [-0.05, 0) is 51.2 Å². The number of nitrogens with zero attached hydrogens (tertiary/aromatic N) is 2. The Morgan fingerprint density at radius 3 is 2.52 bits per heavy atom. The van der Waals surface area contributed by atoms with E-state index in [0.717, 1.165) is 45.1 Å². The van der Waals surface area contributed by atoms with Crippen LogP contribution < -0.4 is 0 Å². The monoisotopic (exact) mass is 310 g/mol. The standard InChI is InChI=1S/C16H26N2O2S/c1-17(12-7-8-13(10-12)21-2)16(20)14-4-3-9-18(14)15(19)11-5-6-11/h11-14H,3-10H2,1-2H3/t12-,13-,14+/m1/s1. The highest BCUT2D eigenvalue weighted by molar-refractivity contribution is 7.99. The van der Waals surface area contributed by atoms with Crippen LogP contribution in [0.4, 0.5) is 0 Å². The molecule has 3 atom stereocenters. The van der Waals surface area contributed by atoms with E-state index in [4.69, 9.17) is 0 Å². The molecule has 0 N–H and O–H groups in total. The smallest absolute Gasteiger partial charge is 0.245 e. The first-order valence-corrected chi connectivity index (χ1v) is 9.50. The van der Waals surface area contributed by atoms with Crippen molar-refractivity contribution >= 4 is 23.6 Å². The Kier molecular flexibility index (Phi) is 4.48. The molecule has 1 saturated heterocycles. The van der Waals surface area contributed by atoms with Gasteiger partial charge in [0.25, 0.3) is 0 Å². The molecule has 4 nitrogen and oxygen atoms in total. The van der Waals surface area contributed by atoms with Gasteiger partial charge in [0.1, 0.15) is 6.04 Å². The minimum atomic E-state index is -0.184. The van der Waals surface area contributed by atoms with Crippen molar-refractivity contribution < 1.29 is 9.59 Å². The number of rotatable bonds is 4. The first-order chi connectivity index (χ1) is 10.1. The van der Waals surface area contributed by atoms with Gasteiger partial charge >= 0.3 is 0 Å². The third-order valence-electron chi connectivity index (χ3n) is 5.33. The molecule has 0 aromatic heterocycles. The third-order valence-corrected chi connectivity index (χ3v) is 6.43. The summed E-state index contributed by atoms with van der Waals surface area (Å²) in [5.41, 5.74) is 0. The molecule has 2 saturated carbocycles. The van der Waals surface area contributed by atoms with Crippen molar-refractivity contribution in [1.82, 2.24) is 9.80 Å². The Hall–Kier alpha value is -0.710. The highest BCUT2D eigenvalue weighted by Gasteiger charge is 2.42. The van der Waals surface area contributed by atoms with Crippen molar-refractivity contribution in [3.63, 3.8) is 0 Å². The summed E-state index contributed by atoms with van der Waals surface area (Å²) in [5.74, 6) is 0.622. The lowest BCUT2D eigenvalue weighted by Crippen LogP contribution is -2.49. The van der Waals surface area contributed by atoms with Gasteiger partial charge in [-0.25, -0.2) is 0 Å². The van der Waals surface area contributed by atoms with Crippen molar-refractivity contribution in [1.29, 1.82) is 0 Å². The Morgan fingerprint density at radius 1 is 1.14 bits per heavy atom. The fourth-order valence-electron chi connectivity index (χ4n) is 3.75. The van der Waals surface area contributed by atoms with Gasteiger partial charge in [-0.1, -0.05) is 0 Å². The molecule has 3 aliphatic rings. The minimum absolute atomic E-state index is 0.174. The number of likely N-dealkylation sites (N-methyl/N-ethyl adjacent to an activating group) is 1. The SMILES string of the molecule is CS[C@@H]1CC[C@@H](N(C)C(=O)[C@@H]2CCCN2C(=O)C2CC2)C1. The van der Waals surface area contributed by atoms with E-state index in [1.807, 2.05) is 28.6 Å². The van der Waals surface area contributed by atoms with E-state index in [1.54, 1.807) is 0 Å². The molecule has 0 aromatic carbocycles. The zero-order valence-electron chi connectivity index (χ0n) is 13.1. The maximum Gasteiger partial charge on any atom is 0.245 e. The van der Waals surface area contributed by atoms with Gasteiger partial charge in [-0.3, -0.25) is 9.59 Å². The van der Waals surface area contributed by atoms with Crippen molar-refractivity contribution in [2.75, 3.05) is 19.8 Å². The second kappa shape index (κ2) is 6.19. The van der Waals surface area contributed by atoms with Crippen LogP contribution in [0.2, 0.25) is 0 Å². The largest absolute Gasteiger partial charge is 0.341 e. The van der Waals surface area contributed by atoms with Gasteiger partial charge in [-0.2, -0.15) is 11.8 Å². The quantitative estimate of drug-likeness (QED) is 0.799. The first-order valence-electron chi connectivity index (χ1n) is 8.21. The molecule has 0 unspecified atom stereocenters. The number of amides is 2. The minimum Gasteiger partial charge on any atom is -0.341 e. The molecular weight excluding hydrogens is 284 g/mol. The lowest BCUT2D eigenvalue weighted by molar-refractivity contribution is -0.144. The zero-order chi connectivity index (χ0) is 15.0. The molecule has 3 fully saturated rings. The van der Waals surface area contributed by atoms with Crippen LogP contribution in [0.5, 0.6) is 0 Å². The van der Waals surface area contributed by atoms with E-state index >= 15 is 0 Å². The van der Waals surface area contributed by atoms with Crippen LogP contribution in [0.25, 0.3) is 0 Å². The van der Waals surface area contributed by atoms with Crippen LogP contribution in [-0.2, 0) is 9.59 Å². The van der Waals surface area contributed by atoms with E-state index in [1.165, 1.54) is 6.42 Å². The second-order valence-corrected chi connectivity index (χ2v) is 7.88. The van der Waals surface area contributed by atoms with E-state index < -0.39 is 0 Å². The van der Waals surface area contributed by atoms with Crippen LogP contribution in [0, 0.1) is 5.92 Å². The molecule has 0 radical (unpaired) electrons. The Morgan fingerprint density at radius 2 is 1.90 bits per heavy atom. The number of carbonyl (C=O) groups excluding carboxylic acids is 2. The Bertz CT molecular complexity index is 425. The van der Waals surface area contributed by atoms with E-state index in [9.17, 15) is 9.59 Å². The van der Waals surface area contributed by atoms with Crippen LogP contribution in [0.1, 0.15) is 44.9 Å². The molecule has 1 heterocycles. The average Bonchev–Trinajstić information content (AvgIpc) is 3.05. The summed E-state index contributed by atoms with van der Waals surface area (Å²) >= 11 is 1.91. The van der Waals surface area contributed by atoms with Crippen LogP contribution in [0.3, 0.4) is 0 Å². The van der Waals surface area contributed by atoms with Gasteiger partial charge < -0.3 is 9.80 Å². The van der Waals surface area contributed by atoms with E-state index in [0.29, 0.717) is 11.3 Å². The summed E-state index contributed by atoms with van der Waals surface area (Å²) in [5, 5.41) is 0.693. The summed E-state index contributed by atoms with van der Waals surface area (Å²) in [4.78, 5) is 28.9. The number of likely N-dealkylation sites (tertiary alicyclic amines) is 1. The van der Waals surface area contributed by atoms with Crippen LogP contribution >= 0.6 is 11.8 Å². The third kappa shape index (κ3) is 3.08. The second-order valence-electron chi connectivity index (χ2n) is 6.74. The number of thioether (sulfide) groups is 1. The molecule has 2 amide bonds. The lowest BCUT2D eigenvalue weighted by Gasteiger charge is -2.31. The first kappa shape index (κ1) is 15.2. The highest BCUT2D eigenvalue weighted by atomic mass is 32.2. The molecule has 2 aliphatic carbocycles. The lowest BCUT2D eigenvalue weighted by atomic mass is 10.1. The summed E-state index contributed by atoms with van der Waals surface area (Å²) in [6.45, 7) is 0.775. The highest BCUT2D eigenvalue weighted by Crippen LogP contribution is 2.35. The molecule has 118 valence electrons. The molecule has 21 heavy (non-hydrogen) atoms. The van der Waals surface area contributed by atoms with E-state index in [-0.39, 0.29) is 23.8 Å². The number of hydrogen-bond acceptors (Lipinski definition) is 3. The fraction of sp³-hybridized carbons (Fsp3) is 0.875. The van der Waals surface area contributed by atoms with Crippen molar-refractivity contribution in [3.05, 3.63) is 0 Å².